The molecule has 0 aliphatic carbocycles. The minimum Gasteiger partial charge on any atom is -0.465 e. The number of ether oxygens (including phenoxy) is 1. The molecule has 0 saturated heterocycles. The Hall–Kier alpha value is -2.33. The summed E-state index contributed by atoms with van der Waals surface area (Å²) in [5.74, 6) is 0.129. The number of aromatic nitrogens is 1. The summed E-state index contributed by atoms with van der Waals surface area (Å²) < 4.78 is 10.1. The number of para-hydroxylation sites is 1. The standard InChI is InChI=1S/C15H10ClNO3/c1-19-15(18)10-8-12(13-6-3-7-20-13)17-14-9(10)4-2-5-11(14)16/h2-8H,1H3. The smallest absolute Gasteiger partial charge is 0.338 e. The molecule has 2 heterocycles. The SMILES string of the molecule is COC(=O)c1cc(-c2ccco2)nc2c(Cl)cccc12. The van der Waals surface area contributed by atoms with Crippen LogP contribution >= 0.6 is 11.6 Å². The van der Waals surface area contributed by atoms with Gasteiger partial charge >= 0.3 is 5.97 Å². The van der Waals surface area contributed by atoms with Crippen LogP contribution in [0.15, 0.2) is 47.1 Å². The summed E-state index contributed by atoms with van der Waals surface area (Å²) in [6, 6.07) is 10.4. The maximum Gasteiger partial charge on any atom is 0.338 e. The number of benzene rings is 1. The number of pyridine rings is 1. The monoisotopic (exact) mass is 287 g/mol. The molecule has 3 aromatic rings. The van der Waals surface area contributed by atoms with Crippen LogP contribution in [0.2, 0.25) is 5.02 Å². The van der Waals surface area contributed by atoms with E-state index in [1.807, 2.05) is 0 Å². The molecule has 0 unspecified atom stereocenters. The Kier molecular flexibility index (Phi) is 3.16. The van der Waals surface area contributed by atoms with Crippen molar-refractivity contribution in [2.24, 2.45) is 0 Å². The second-order valence-electron chi connectivity index (χ2n) is 4.16. The molecular formula is C15H10ClNO3. The number of hydrogen-bond acceptors (Lipinski definition) is 4. The molecule has 2 aromatic heterocycles. The van der Waals surface area contributed by atoms with Crippen LogP contribution in [0, 0.1) is 0 Å². The van der Waals surface area contributed by atoms with Gasteiger partial charge in [0.05, 0.1) is 29.5 Å². The molecule has 0 N–H and O–H groups in total. The quantitative estimate of drug-likeness (QED) is 0.670. The number of furan rings is 1. The third-order valence-electron chi connectivity index (χ3n) is 2.97. The van der Waals surface area contributed by atoms with Gasteiger partial charge in [-0.1, -0.05) is 23.7 Å². The van der Waals surface area contributed by atoms with E-state index in [4.69, 9.17) is 20.8 Å². The second kappa shape index (κ2) is 4.98. The van der Waals surface area contributed by atoms with E-state index in [1.54, 1.807) is 42.7 Å². The van der Waals surface area contributed by atoms with Crippen molar-refractivity contribution in [3.8, 4) is 11.5 Å². The number of rotatable bonds is 2. The minimum absolute atomic E-state index is 0.409. The first-order chi connectivity index (χ1) is 9.70. The van der Waals surface area contributed by atoms with Gasteiger partial charge in [0.15, 0.2) is 5.76 Å². The Morgan fingerprint density at radius 2 is 2.15 bits per heavy atom. The Labute approximate surface area is 119 Å². The number of esters is 1. The topological polar surface area (TPSA) is 52.3 Å². The fourth-order valence-corrected chi connectivity index (χ4v) is 2.26. The Morgan fingerprint density at radius 3 is 2.85 bits per heavy atom. The molecule has 3 rings (SSSR count). The third kappa shape index (κ3) is 2.04. The van der Waals surface area contributed by atoms with Crippen LogP contribution in [0.5, 0.6) is 0 Å². The van der Waals surface area contributed by atoms with E-state index in [2.05, 4.69) is 4.98 Å². The summed E-state index contributed by atoms with van der Waals surface area (Å²) in [4.78, 5) is 16.4. The summed E-state index contributed by atoms with van der Waals surface area (Å²) in [5.41, 5.74) is 1.49. The molecule has 0 saturated carbocycles. The largest absolute Gasteiger partial charge is 0.465 e. The molecule has 0 atom stereocenters. The lowest BCUT2D eigenvalue weighted by molar-refractivity contribution is 0.0603. The number of fused-ring (bicyclic) bond motifs is 1. The van der Waals surface area contributed by atoms with E-state index in [0.29, 0.717) is 32.9 Å². The van der Waals surface area contributed by atoms with Crippen molar-refractivity contribution in [3.63, 3.8) is 0 Å². The molecule has 0 fully saturated rings. The lowest BCUT2D eigenvalue weighted by Gasteiger charge is -2.08. The maximum absolute atomic E-state index is 11.9. The summed E-state index contributed by atoms with van der Waals surface area (Å²) in [7, 11) is 1.34. The molecule has 0 radical (unpaired) electrons. The van der Waals surface area contributed by atoms with Crippen molar-refractivity contribution < 1.29 is 13.9 Å². The zero-order valence-corrected chi connectivity index (χ0v) is 11.3. The van der Waals surface area contributed by atoms with Gasteiger partial charge in [-0.2, -0.15) is 0 Å². The van der Waals surface area contributed by atoms with Crippen molar-refractivity contribution in [1.82, 2.24) is 4.98 Å². The molecule has 0 aliphatic rings. The minimum atomic E-state index is -0.438. The van der Waals surface area contributed by atoms with E-state index < -0.39 is 5.97 Å². The van der Waals surface area contributed by atoms with Crippen molar-refractivity contribution in [2.45, 2.75) is 0 Å². The van der Waals surface area contributed by atoms with E-state index in [0.717, 1.165) is 0 Å². The molecular weight excluding hydrogens is 278 g/mol. The van der Waals surface area contributed by atoms with Crippen molar-refractivity contribution >= 4 is 28.5 Å². The van der Waals surface area contributed by atoms with Crippen LogP contribution < -0.4 is 0 Å². The van der Waals surface area contributed by atoms with Gasteiger partial charge in [0.1, 0.15) is 5.69 Å². The van der Waals surface area contributed by atoms with Crippen molar-refractivity contribution in [1.29, 1.82) is 0 Å². The van der Waals surface area contributed by atoms with Crippen molar-refractivity contribution in [3.05, 3.63) is 53.2 Å². The number of methoxy groups -OCH3 is 1. The van der Waals surface area contributed by atoms with Gasteiger partial charge < -0.3 is 9.15 Å². The van der Waals surface area contributed by atoms with E-state index in [9.17, 15) is 4.79 Å². The zero-order chi connectivity index (χ0) is 14.1. The van der Waals surface area contributed by atoms with Crippen LogP contribution in [-0.4, -0.2) is 18.1 Å². The third-order valence-corrected chi connectivity index (χ3v) is 3.27. The van der Waals surface area contributed by atoms with Crippen LogP contribution in [0.3, 0.4) is 0 Å². The average molecular weight is 288 g/mol. The molecule has 100 valence electrons. The first kappa shape index (κ1) is 12.7. The highest BCUT2D eigenvalue weighted by Crippen LogP contribution is 2.29. The number of carbonyl (C=O) groups is 1. The van der Waals surface area contributed by atoms with Crippen LogP contribution in [0.4, 0.5) is 0 Å². The highest BCUT2D eigenvalue weighted by Gasteiger charge is 2.16. The molecule has 4 nitrogen and oxygen atoms in total. The summed E-state index contributed by atoms with van der Waals surface area (Å²) in [6.07, 6.45) is 1.55. The van der Waals surface area contributed by atoms with E-state index >= 15 is 0 Å². The first-order valence-corrected chi connectivity index (χ1v) is 6.30. The van der Waals surface area contributed by atoms with Gasteiger partial charge in [-0.05, 0) is 24.3 Å². The number of carbonyl (C=O) groups excluding carboxylic acids is 1. The predicted octanol–water partition coefficient (Wildman–Crippen LogP) is 3.93. The molecule has 5 heteroatoms. The summed E-state index contributed by atoms with van der Waals surface area (Å²) in [6.45, 7) is 0. The number of nitrogens with zero attached hydrogens (tertiary/aromatic N) is 1. The molecule has 0 spiro atoms. The number of hydrogen-bond donors (Lipinski definition) is 0. The van der Waals surface area contributed by atoms with Crippen molar-refractivity contribution in [2.75, 3.05) is 7.11 Å². The lowest BCUT2D eigenvalue weighted by atomic mass is 10.1. The van der Waals surface area contributed by atoms with E-state index in [1.165, 1.54) is 7.11 Å². The zero-order valence-electron chi connectivity index (χ0n) is 10.6. The molecule has 0 aliphatic heterocycles. The van der Waals surface area contributed by atoms with Gasteiger partial charge in [-0.15, -0.1) is 0 Å². The summed E-state index contributed by atoms with van der Waals surface area (Å²) >= 11 is 6.17. The fourth-order valence-electron chi connectivity index (χ4n) is 2.04. The van der Waals surface area contributed by atoms with E-state index in [-0.39, 0.29) is 0 Å². The molecule has 20 heavy (non-hydrogen) atoms. The highest BCUT2D eigenvalue weighted by atomic mass is 35.5. The Morgan fingerprint density at radius 1 is 1.30 bits per heavy atom. The highest BCUT2D eigenvalue weighted by molar-refractivity contribution is 6.35. The number of halogens is 1. The molecule has 1 aromatic carbocycles. The normalized spacial score (nSPS) is 10.7. The fraction of sp³-hybridized carbons (Fsp3) is 0.0667. The first-order valence-electron chi connectivity index (χ1n) is 5.92. The van der Waals surface area contributed by atoms with Gasteiger partial charge in [0, 0.05) is 5.39 Å². The Balaban J connectivity index is 2.35. The van der Waals surface area contributed by atoms with Crippen LogP contribution in [0.25, 0.3) is 22.4 Å². The van der Waals surface area contributed by atoms with Crippen LogP contribution in [-0.2, 0) is 4.74 Å². The lowest BCUT2D eigenvalue weighted by Crippen LogP contribution is -2.03. The molecule has 0 bridgehead atoms. The molecule has 0 amide bonds. The average Bonchev–Trinajstić information content (AvgIpc) is 3.00. The van der Waals surface area contributed by atoms with Gasteiger partial charge in [0.2, 0.25) is 0 Å². The van der Waals surface area contributed by atoms with Gasteiger partial charge in [0.25, 0.3) is 0 Å². The van der Waals surface area contributed by atoms with Gasteiger partial charge in [-0.3, -0.25) is 0 Å². The summed E-state index contributed by atoms with van der Waals surface area (Å²) in [5, 5.41) is 1.13. The van der Waals surface area contributed by atoms with Gasteiger partial charge in [-0.25, -0.2) is 9.78 Å². The second-order valence-corrected chi connectivity index (χ2v) is 4.57. The Bertz CT molecular complexity index is 781. The maximum atomic E-state index is 11.9. The van der Waals surface area contributed by atoms with Crippen LogP contribution in [0.1, 0.15) is 10.4 Å². The predicted molar refractivity (Wildman–Crippen MR) is 75.8 cm³/mol.